The molecule has 1 amide bonds. The number of hydrogen-bond donors (Lipinski definition) is 1. The number of carbonyl (C=O) groups is 1. The van der Waals surface area contributed by atoms with Crippen molar-refractivity contribution in [3.63, 3.8) is 0 Å². The van der Waals surface area contributed by atoms with Crippen molar-refractivity contribution in [2.24, 2.45) is 5.10 Å². The van der Waals surface area contributed by atoms with Gasteiger partial charge in [0.05, 0.1) is 12.0 Å². The Morgan fingerprint density at radius 2 is 1.83 bits per heavy atom. The molecule has 1 N–H and O–H groups in total. The van der Waals surface area contributed by atoms with E-state index in [1.807, 2.05) is 30.3 Å². The molecule has 2 aromatic rings. The van der Waals surface area contributed by atoms with Crippen LogP contribution in [-0.4, -0.2) is 17.9 Å². The van der Waals surface area contributed by atoms with Crippen LogP contribution in [0.15, 0.2) is 41.5 Å². The van der Waals surface area contributed by atoms with Crippen LogP contribution >= 0.6 is 23.4 Å². The molecule has 2 rings (SSSR count). The minimum Gasteiger partial charge on any atom is -0.272 e. The van der Waals surface area contributed by atoms with E-state index in [0.29, 0.717) is 5.75 Å². The monoisotopic (exact) mass is 360 g/mol. The van der Waals surface area contributed by atoms with Gasteiger partial charge in [0.25, 0.3) is 0 Å². The van der Waals surface area contributed by atoms with E-state index in [4.69, 9.17) is 11.6 Å². The van der Waals surface area contributed by atoms with Crippen molar-refractivity contribution in [1.29, 1.82) is 0 Å². The van der Waals surface area contributed by atoms with Gasteiger partial charge in [0.2, 0.25) is 5.91 Å². The summed E-state index contributed by atoms with van der Waals surface area (Å²) in [5.74, 6) is 1.03. The van der Waals surface area contributed by atoms with Crippen LogP contribution in [0.5, 0.6) is 0 Å². The Morgan fingerprint density at radius 3 is 2.54 bits per heavy atom. The van der Waals surface area contributed by atoms with E-state index in [9.17, 15) is 4.79 Å². The summed E-state index contributed by atoms with van der Waals surface area (Å²) in [7, 11) is 0. The van der Waals surface area contributed by atoms with Crippen LogP contribution in [0.1, 0.15) is 27.8 Å². The van der Waals surface area contributed by atoms with Gasteiger partial charge in [0.15, 0.2) is 0 Å². The highest BCUT2D eigenvalue weighted by atomic mass is 35.5. The van der Waals surface area contributed by atoms with Crippen molar-refractivity contribution in [1.82, 2.24) is 5.43 Å². The van der Waals surface area contributed by atoms with E-state index in [1.54, 1.807) is 18.0 Å². The number of aryl methyl sites for hydroxylation is 1. The third-order valence-corrected chi connectivity index (χ3v) is 5.16. The largest absolute Gasteiger partial charge is 0.272 e. The van der Waals surface area contributed by atoms with E-state index >= 15 is 0 Å². The first-order chi connectivity index (χ1) is 11.5. The standard InChI is InChI=1S/C19H21ClN2OS/c1-13-4-7-17(15(3)14(13)2)10-21-22-19(23)12-24-11-16-5-8-18(20)9-6-16/h4-10H,11-12H2,1-3H3,(H,22,23)/b21-10+. The van der Waals surface area contributed by atoms with Gasteiger partial charge in [-0.1, -0.05) is 35.9 Å². The summed E-state index contributed by atoms with van der Waals surface area (Å²) in [5, 5.41) is 4.77. The maximum atomic E-state index is 11.8. The Labute approximate surface area is 152 Å². The fourth-order valence-corrected chi connectivity index (χ4v) is 3.07. The third-order valence-electron chi connectivity index (χ3n) is 3.91. The molecule has 5 heteroatoms. The van der Waals surface area contributed by atoms with Crippen LogP contribution in [0.3, 0.4) is 0 Å². The van der Waals surface area contributed by atoms with Crippen molar-refractivity contribution in [3.05, 3.63) is 69.2 Å². The lowest BCUT2D eigenvalue weighted by atomic mass is 10.00. The van der Waals surface area contributed by atoms with Crippen LogP contribution < -0.4 is 5.43 Å². The molecule has 0 atom stereocenters. The zero-order chi connectivity index (χ0) is 17.5. The number of carbonyl (C=O) groups excluding carboxylic acids is 1. The summed E-state index contributed by atoms with van der Waals surface area (Å²) in [6.45, 7) is 6.24. The summed E-state index contributed by atoms with van der Waals surface area (Å²) < 4.78 is 0. The fraction of sp³-hybridized carbons (Fsp3) is 0.263. The van der Waals surface area contributed by atoms with Crippen molar-refractivity contribution >= 4 is 35.5 Å². The second-order valence-corrected chi connectivity index (χ2v) is 7.06. The minimum absolute atomic E-state index is 0.105. The molecule has 0 saturated carbocycles. The molecule has 0 aliphatic carbocycles. The van der Waals surface area contributed by atoms with Gasteiger partial charge in [-0.15, -0.1) is 11.8 Å². The Morgan fingerprint density at radius 1 is 1.12 bits per heavy atom. The molecule has 0 aliphatic rings. The molecule has 0 fully saturated rings. The number of hydrazone groups is 1. The molecule has 0 aliphatic heterocycles. The minimum atomic E-state index is -0.105. The highest BCUT2D eigenvalue weighted by Crippen LogP contribution is 2.16. The van der Waals surface area contributed by atoms with E-state index in [1.165, 1.54) is 16.7 Å². The molecule has 0 radical (unpaired) electrons. The van der Waals surface area contributed by atoms with Crippen LogP contribution in [0.4, 0.5) is 0 Å². The number of rotatable bonds is 6. The van der Waals surface area contributed by atoms with Gasteiger partial charge in [-0.3, -0.25) is 4.79 Å². The van der Waals surface area contributed by atoms with Crippen molar-refractivity contribution in [3.8, 4) is 0 Å². The topological polar surface area (TPSA) is 41.5 Å². The first-order valence-electron chi connectivity index (χ1n) is 7.68. The zero-order valence-corrected chi connectivity index (χ0v) is 15.7. The summed E-state index contributed by atoms with van der Waals surface area (Å²) in [4.78, 5) is 11.8. The second kappa shape index (κ2) is 8.90. The molecule has 3 nitrogen and oxygen atoms in total. The highest BCUT2D eigenvalue weighted by molar-refractivity contribution is 7.99. The molecule has 0 saturated heterocycles. The maximum Gasteiger partial charge on any atom is 0.250 e. The van der Waals surface area contributed by atoms with E-state index in [-0.39, 0.29) is 5.91 Å². The number of hydrogen-bond acceptors (Lipinski definition) is 3. The molecule has 0 aromatic heterocycles. The quantitative estimate of drug-likeness (QED) is 0.601. The van der Waals surface area contributed by atoms with Crippen molar-refractivity contribution in [2.75, 3.05) is 5.75 Å². The van der Waals surface area contributed by atoms with Crippen LogP contribution in [0.25, 0.3) is 0 Å². The number of halogens is 1. The zero-order valence-electron chi connectivity index (χ0n) is 14.1. The van der Waals surface area contributed by atoms with Crippen LogP contribution in [0.2, 0.25) is 5.02 Å². The Kier molecular flexibility index (Phi) is 6.88. The Bertz CT molecular complexity index is 742. The van der Waals surface area contributed by atoms with E-state index < -0.39 is 0 Å². The summed E-state index contributed by atoms with van der Waals surface area (Å²) in [6.07, 6.45) is 1.70. The summed E-state index contributed by atoms with van der Waals surface area (Å²) >= 11 is 7.39. The fourth-order valence-electron chi connectivity index (χ4n) is 2.17. The van der Waals surface area contributed by atoms with Gasteiger partial charge < -0.3 is 0 Å². The second-order valence-electron chi connectivity index (χ2n) is 5.63. The molecular weight excluding hydrogens is 340 g/mol. The summed E-state index contributed by atoms with van der Waals surface area (Å²) in [5.41, 5.74) is 8.44. The molecule has 0 unspecified atom stereocenters. The van der Waals surface area contributed by atoms with Gasteiger partial charge >= 0.3 is 0 Å². The molecule has 0 heterocycles. The highest BCUT2D eigenvalue weighted by Gasteiger charge is 2.03. The smallest absolute Gasteiger partial charge is 0.250 e. The van der Waals surface area contributed by atoms with Crippen molar-refractivity contribution in [2.45, 2.75) is 26.5 Å². The van der Waals surface area contributed by atoms with E-state index in [2.05, 4.69) is 37.4 Å². The first-order valence-corrected chi connectivity index (χ1v) is 9.21. The molecule has 2 aromatic carbocycles. The predicted molar refractivity (Wildman–Crippen MR) is 104 cm³/mol. The molecule has 0 bridgehead atoms. The predicted octanol–water partition coefficient (Wildman–Crippen LogP) is 4.65. The summed E-state index contributed by atoms with van der Waals surface area (Å²) in [6, 6.07) is 11.7. The molecule has 0 spiro atoms. The number of benzene rings is 2. The Balaban J connectivity index is 1.78. The first kappa shape index (κ1) is 18.6. The van der Waals surface area contributed by atoms with Crippen molar-refractivity contribution < 1.29 is 4.79 Å². The lowest BCUT2D eigenvalue weighted by Gasteiger charge is -2.07. The lowest BCUT2D eigenvalue weighted by Crippen LogP contribution is -2.19. The number of thioether (sulfide) groups is 1. The van der Waals surface area contributed by atoms with Crippen LogP contribution in [-0.2, 0) is 10.5 Å². The van der Waals surface area contributed by atoms with Crippen LogP contribution in [0, 0.1) is 20.8 Å². The molecule has 24 heavy (non-hydrogen) atoms. The van der Waals surface area contributed by atoms with Gasteiger partial charge in [-0.25, -0.2) is 5.43 Å². The number of amides is 1. The van der Waals surface area contributed by atoms with Gasteiger partial charge in [0.1, 0.15) is 0 Å². The van der Waals surface area contributed by atoms with Gasteiger partial charge in [0, 0.05) is 10.8 Å². The normalized spacial score (nSPS) is 11.0. The number of nitrogens with zero attached hydrogens (tertiary/aromatic N) is 1. The Hall–Kier alpha value is -1.78. The lowest BCUT2D eigenvalue weighted by molar-refractivity contribution is -0.118. The van der Waals surface area contributed by atoms with Gasteiger partial charge in [-0.05, 0) is 60.7 Å². The van der Waals surface area contributed by atoms with Gasteiger partial charge in [-0.2, -0.15) is 5.10 Å². The maximum absolute atomic E-state index is 11.8. The third kappa shape index (κ3) is 5.39. The molecular formula is C19H21ClN2OS. The molecule has 126 valence electrons. The average molecular weight is 361 g/mol. The van der Waals surface area contributed by atoms with E-state index in [0.717, 1.165) is 21.9 Å². The SMILES string of the molecule is Cc1ccc(/C=N/NC(=O)CSCc2ccc(Cl)cc2)c(C)c1C. The average Bonchev–Trinajstić information content (AvgIpc) is 2.57. The number of nitrogens with one attached hydrogen (secondary N) is 1.